The van der Waals surface area contributed by atoms with E-state index in [9.17, 15) is 18.8 Å². The van der Waals surface area contributed by atoms with Crippen LogP contribution in [-0.4, -0.2) is 72.0 Å². The smallest absolute Gasteiger partial charge is 0.303 e. The lowest BCUT2D eigenvalue weighted by molar-refractivity contribution is -0.166. The number of benzene rings is 1. The molecule has 0 radical (unpaired) electrons. The number of hydrogen-bond donors (Lipinski definition) is 0. The van der Waals surface area contributed by atoms with Crippen molar-refractivity contribution >= 4 is 57.3 Å². The first kappa shape index (κ1) is 25.9. The summed E-state index contributed by atoms with van der Waals surface area (Å²) in [5, 5.41) is 8.53. The number of carbonyl (C=O) groups excluding carboxylic acids is 3. The molecule has 1 aliphatic rings. The summed E-state index contributed by atoms with van der Waals surface area (Å²) in [4.78, 5) is 44.4. The van der Waals surface area contributed by atoms with Gasteiger partial charge >= 0.3 is 17.9 Å². The summed E-state index contributed by atoms with van der Waals surface area (Å²) < 4.78 is 39.2. The summed E-state index contributed by atoms with van der Waals surface area (Å²) >= 11 is 2.01. The molecule has 5 rings (SSSR count). The van der Waals surface area contributed by atoms with Crippen molar-refractivity contribution in [1.82, 2.24) is 29.1 Å². The van der Waals surface area contributed by atoms with Gasteiger partial charge < -0.3 is 18.9 Å². The van der Waals surface area contributed by atoms with E-state index < -0.39 is 42.4 Å². The predicted octanol–water partition coefficient (Wildman–Crippen LogP) is 2.21. The fourth-order valence-electron chi connectivity index (χ4n) is 4.26. The monoisotopic (exact) mass is 638 g/mol. The Morgan fingerprint density at radius 1 is 1.00 bits per heavy atom. The first-order valence-corrected chi connectivity index (χ1v) is 12.4. The van der Waals surface area contributed by atoms with E-state index >= 15 is 0 Å². The van der Waals surface area contributed by atoms with E-state index in [1.807, 2.05) is 22.6 Å². The minimum atomic E-state index is -1.10. The molecule has 1 saturated heterocycles. The van der Waals surface area contributed by atoms with Gasteiger partial charge in [-0.1, -0.05) is 0 Å². The molecule has 4 atom stereocenters. The lowest BCUT2D eigenvalue weighted by atomic mass is 10.1. The fraction of sp³-hybridized carbons (Fsp3) is 0.348. The largest absolute Gasteiger partial charge is 0.463 e. The van der Waals surface area contributed by atoms with Gasteiger partial charge in [0, 0.05) is 48.9 Å². The van der Waals surface area contributed by atoms with Gasteiger partial charge in [0.25, 0.3) is 0 Å². The number of halogens is 2. The summed E-state index contributed by atoms with van der Waals surface area (Å²) in [7, 11) is 0. The van der Waals surface area contributed by atoms with E-state index in [0.717, 1.165) is 0 Å². The van der Waals surface area contributed by atoms with Gasteiger partial charge in [-0.3, -0.25) is 23.4 Å². The molecule has 0 bridgehead atoms. The maximum atomic E-state index is 13.4. The third-order valence-electron chi connectivity index (χ3n) is 5.74. The highest BCUT2D eigenvalue weighted by atomic mass is 127. The first-order chi connectivity index (χ1) is 18.1. The topological polar surface area (TPSA) is 149 Å². The molecule has 0 aliphatic carbocycles. The Morgan fingerprint density at radius 3 is 2.34 bits per heavy atom. The quantitative estimate of drug-likeness (QED) is 0.132. The molecule has 0 amide bonds. The van der Waals surface area contributed by atoms with E-state index in [2.05, 4.69) is 20.2 Å². The van der Waals surface area contributed by atoms with Gasteiger partial charge in [0.15, 0.2) is 44.9 Å². The van der Waals surface area contributed by atoms with E-state index in [1.165, 1.54) is 43.8 Å². The third kappa shape index (κ3) is 4.78. The molecule has 13 nitrogen and oxygen atoms in total. The molecule has 0 N–H and O–H groups in total. The van der Waals surface area contributed by atoms with Crippen LogP contribution in [0.4, 0.5) is 4.39 Å². The Hall–Kier alpha value is -3.73. The second-order valence-electron chi connectivity index (χ2n) is 8.41. The maximum Gasteiger partial charge on any atom is 0.303 e. The summed E-state index contributed by atoms with van der Waals surface area (Å²) in [6, 6.07) is 5.81. The highest BCUT2D eigenvalue weighted by Gasteiger charge is 2.51. The molecule has 0 saturated carbocycles. The molecular formula is C23H20FIN6O7. The number of nitrogens with zero attached hydrogens (tertiary/aromatic N) is 6. The van der Waals surface area contributed by atoms with Gasteiger partial charge in [-0.15, -0.1) is 10.2 Å². The number of aromatic nitrogens is 6. The van der Waals surface area contributed by atoms with Gasteiger partial charge in [0.2, 0.25) is 0 Å². The molecule has 198 valence electrons. The zero-order valence-corrected chi connectivity index (χ0v) is 22.4. The minimum Gasteiger partial charge on any atom is -0.463 e. The zero-order chi connectivity index (χ0) is 27.1. The van der Waals surface area contributed by atoms with Crippen LogP contribution in [0, 0.1) is 9.65 Å². The Labute approximate surface area is 227 Å². The molecule has 4 aromatic rings. The van der Waals surface area contributed by atoms with Crippen LogP contribution in [-0.2, 0) is 33.3 Å². The van der Waals surface area contributed by atoms with Crippen molar-refractivity contribution in [1.29, 1.82) is 0 Å². The van der Waals surface area contributed by atoms with Gasteiger partial charge in [-0.05, 0) is 24.3 Å². The molecule has 4 heterocycles. The lowest BCUT2D eigenvalue weighted by Gasteiger charge is -2.23. The fourth-order valence-corrected chi connectivity index (χ4v) is 4.95. The van der Waals surface area contributed by atoms with E-state index in [0.29, 0.717) is 32.0 Å². The molecule has 15 heteroatoms. The number of imidazole rings is 1. The van der Waals surface area contributed by atoms with Crippen LogP contribution in [0.15, 0.2) is 30.6 Å². The third-order valence-corrected chi connectivity index (χ3v) is 6.47. The average molecular weight is 638 g/mol. The Kier molecular flexibility index (Phi) is 6.95. The zero-order valence-electron chi connectivity index (χ0n) is 20.2. The van der Waals surface area contributed by atoms with Crippen LogP contribution < -0.4 is 0 Å². The van der Waals surface area contributed by atoms with Crippen LogP contribution >= 0.6 is 22.6 Å². The Bertz CT molecular complexity index is 1560. The molecule has 0 spiro atoms. The SMILES string of the molecule is CC(=O)OC[C@H]1O[C@@H](n2cnc3c2nc(I)n2c(-c4ccc(F)cc4)nnc32)[C@H](OC(C)=O)[C@@H]1OC(C)=O. The number of esters is 3. The van der Waals surface area contributed by atoms with Crippen LogP contribution in [0.3, 0.4) is 0 Å². The number of carbonyl (C=O) groups is 3. The van der Waals surface area contributed by atoms with Crippen molar-refractivity contribution in [2.24, 2.45) is 0 Å². The Balaban J connectivity index is 1.60. The lowest BCUT2D eigenvalue weighted by Crippen LogP contribution is -2.40. The minimum absolute atomic E-state index is 0.241. The van der Waals surface area contributed by atoms with Gasteiger partial charge in [-0.2, -0.15) is 0 Å². The molecule has 3 aromatic heterocycles. The first-order valence-electron chi connectivity index (χ1n) is 11.3. The Morgan fingerprint density at radius 2 is 1.68 bits per heavy atom. The van der Waals surface area contributed by atoms with Crippen LogP contribution in [0.25, 0.3) is 28.2 Å². The van der Waals surface area contributed by atoms with E-state index in [4.69, 9.17) is 18.9 Å². The molecule has 1 fully saturated rings. The standard InChI is InChI=1S/C23H20FIN6O7/c1-10(32)35-8-15-17(36-11(2)33)18(37-12(3)34)22(38-15)30-9-26-16-20(30)27-23(25)31-19(28-29-21(16)31)13-4-6-14(24)7-5-13/h4-7,9,15,17-18,22H,8H2,1-3H3/t15-,17-,18-,22-/m1/s1. The van der Waals surface area contributed by atoms with Crippen molar-refractivity contribution in [3.05, 3.63) is 40.2 Å². The summed E-state index contributed by atoms with van der Waals surface area (Å²) in [6.07, 6.45) is -2.70. The summed E-state index contributed by atoms with van der Waals surface area (Å²) in [6.45, 7) is 3.41. The van der Waals surface area contributed by atoms with Crippen molar-refractivity contribution in [2.45, 2.75) is 45.3 Å². The molecule has 0 unspecified atom stereocenters. The number of fused-ring (bicyclic) bond motifs is 3. The highest BCUT2D eigenvalue weighted by Crippen LogP contribution is 2.36. The van der Waals surface area contributed by atoms with Crippen molar-refractivity contribution in [3.8, 4) is 11.4 Å². The van der Waals surface area contributed by atoms with Crippen LogP contribution in [0.2, 0.25) is 0 Å². The number of rotatable bonds is 6. The summed E-state index contributed by atoms with van der Waals surface area (Å²) in [5.41, 5.74) is 1.71. The normalized spacial score (nSPS) is 21.1. The van der Waals surface area contributed by atoms with Crippen molar-refractivity contribution in [2.75, 3.05) is 6.61 Å². The van der Waals surface area contributed by atoms with E-state index in [-0.39, 0.29) is 12.4 Å². The van der Waals surface area contributed by atoms with Gasteiger partial charge in [0.1, 0.15) is 18.5 Å². The van der Waals surface area contributed by atoms with Crippen molar-refractivity contribution < 1.29 is 37.7 Å². The van der Waals surface area contributed by atoms with Crippen LogP contribution in [0.5, 0.6) is 0 Å². The van der Waals surface area contributed by atoms with Crippen LogP contribution in [0.1, 0.15) is 27.0 Å². The predicted molar refractivity (Wildman–Crippen MR) is 134 cm³/mol. The average Bonchev–Trinajstić information content (AvgIpc) is 3.54. The second-order valence-corrected chi connectivity index (χ2v) is 9.38. The maximum absolute atomic E-state index is 13.4. The number of ether oxygens (including phenoxy) is 4. The molecule has 38 heavy (non-hydrogen) atoms. The van der Waals surface area contributed by atoms with Gasteiger partial charge in [0.05, 0.1) is 6.33 Å². The highest BCUT2D eigenvalue weighted by molar-refractivity contribution is 14.1. The van der Waals surface area contributed by atoms with Crippen molar-refractivity contribution in [3.63, 3.8) is 0 Å². The second kappa shape index (κ2) is 10.2. The molecule has 1 aliphatic heterocycles. The summed E-state index contributed by atoms with van der Waals surface area (Å²) in [5.74, 6) is -1.76. The molecular weight excluding hydrogens is 618 g/mol. The van der Waals surface area contributed by atoms with E-state index in [1.54, 1.807) is 16.5 Å². The van der Waals surface area contributed by atoms with Gasteiger partial charge in [-0.25, -0.2) is 14.4 Å². The number of hydrogen-bond acceptors (Lipinski definition) is 11. The molecule has 1 aromatic carbocycles.